The zero-order valence-electron chi connectivity index (χ0n) is 13.5. The molecule has 2 aromatic heterocycles. The summed E-state index contributed by atoms with van der Waals surface area (Å²) in [7, 11) is 0. The second kappa shape index (κ2) is 6.30. The Hall–Kier alpha value is -2.31. The van der Waals surface area contributed by atoms with Crippen LogP contribution in [0.5, 0.6) is 0 Å². The van der Waals surface area contributed by atoms with E-state index in [2.05, 4.69) is 32.8 Å². The first-order valence-electron chi connectivity index (χ1n) is 8.07. The summed E-state index contributed by atoms with van der Waals surface area (Å²) in [6.45, 7) is 4.59. The van der Waals surface area contributed by atoms with Crippen LogP contribution in [0.15, 0.2) is 36.5 Å². The van der Waals surface area contributed by atoms with Gasteiger partial charge in [-0.3, -0.25) is 4.98 Å². The third-order valence-electron chi connectivity index (χ3n) is 4.42. The Morgan fingerprint density at radius 2 is 2.29 bits per heavy atom. The highest BCUT2D eigenvalue weighted by molar-refractivity contribution is 5.76. The molecule has 124 valence electrons. The van der Waals surface area contributed by atoms with Crippen LogP contribution in [0.1, 0.15) is 23.1 Å². The maximum atomic E-state index is 13.4. The highest BCUT2D eigenvalue weighted by Gasteiger charge is 2.24. The van der Waals surface area contributed by atoms with Crippen molar-refractivity contribution in [1.82, 2.24) is 19.9 Å². The van der Waals surface area contributed by atoms with E-state index in [1.54, 1.807) is 6.07 Å². The van der Waals surface area contributed by atoms with Crippen LogP contribution >= 0.6 is 0 Å². The normalized spacial score (nSPS) is 17.2. The van der Waals surface area contributed by atoms with Gasteiger partial charge in [0.25, 0.3) is 0 Å². The fourth-order valence-electron chi connectivity index (χ4n) is 3.20. The van der Waals surface area contributed by atoms with Gasteiger partial charge >= 0.3 is 0 Å². The van der Waals surface area contributed by atoms with E-state index in [1.807, 2.05) is 12.3 Å². The Bertz CT molecular complexity index is 877. The lowest BCUT2D eigenvalue weighted by atomic mass is 10.2. The fraction of sp³-hybridized carbons (Fsp3) is 0.333. The molecule has 0 radical (unpaired) electrons. The number of pyridine rings is 1. The molecule has 0 spiro atoms. The zero-order chi connectivity index (χ0) is 16.5. The molecule has 0 saturated heterocycles. The first-order valence-corrected chi connectivity index (χ1v) is 8.07. The van der Waals surface area contributed by atoms with E-state index in [1.165, 1.54) is 17.7 Å². The molecule has 6 heteroatoms. The number of benzene rings is 1. The van der Waals surface area contributed by atoms with Gasteiger partial charge < -0.3 is 14.6 Å². The molecule has 1 aliphatic heterocycles. The van der Waals surface area contributed by atoms with E-state index in [0.29, 0.717) is 25.3 Å². The van der Waals surface area contributed by atoms with Crippen molar-refractivity contribution < 1.29 is 9.13 Å². The quantitative estimate of drug-likeness (QED) is 0.801. The highest BCUT2D eigenvalue weighted by atomic mass is 19.1. The number of nitrogens with zero attached hydrogens (tertiary/aromatic N) is 3. The molecule has 1 atom stereocenters. The smallest absolute Gasteiger partial charge is 0.136 e. The molecule has 1 aliphatic rings. The number of aryl methyl sites for hydroxylation is 1. The monoisotopic (exact) mass is 326 g/mol. The van der Waals surface area contributed by atoms with Gasteiger partial charge in [0.15, 0.2) is 0 Å². The minimum absolute atomic E-state index is 0.133. The molecule has 24 heavy (non-hydrogen) atoms. The van der Waals surface area contributed by atoms with Crippen molar-refractivity contribution in [3.05, 3.63) is 59.4 Å². The van der Waals surface area contributed by atoms with Gasteiger partial charge in [-0.05, 0) is 30.7 Å². The summed E-state index contributed by atoms with van der Waals surface area (Å²) in [6, 6.07) is 8.88. The maximum Gasteiger partial charge on any atom is 0.136 e. The van der Waals surface area contributed by atoms with Gasteiger partial charge in [0, 0.05) is 25.4 Å². The Balaban J connectivity index is 1.54. The van der Waals surface area contributed by atoms with Gasteiger partial charge in [-0.15, -0.1) is 0 Å². The predicted octanol–water partition coefficient (Wildman–Crippen LogP) is 2.74. The molecule has 1 aromatic carbocycles. The van der Waals surface area contributed by atoms with Gasteiger partial charge in [-0.1, -0.05) is 6.07 Å². The molecule has 0 saturated carbocycles. The van der Waals surface area contributed by atoms with Crippen molar-refractivity contribution in [2.75, 3.05) is 13.2 Å². The summed E-state index contributed by atoms with van der Waals surface area (Å²) >= 11 is 0. The summed E-state index contributed by atoms with van der Waals surface area (Å²) in [5, 5.41) is 3.45. The SMILES string of the molecule is Cc1cccnc1CNC[C@H]1COCc2nc3cc(F)ccc3n21. The Kier molecular flexibility index (Phi) is 4.00. The van der Waals surface area contributed by atoms with E-state index in [4.69, 9.17) is 4.74 Å². The van der Waals surface area contributed by atoms with Crippen LogP contribution in [-0.4, -0.2) is 27.7 Å². The number of nitrogens with one attached hydrogen (secondary N) is 1. The molecule has 5 nitrogen and oxygen atoms in total. The first-order chi connectivity index (χ1) is 11.7. The van der Waals surface area contributed by atoms with Crippen LogP contribution in [0.3, 0.4) is 0 Å². The van der Waals surface area contributed by atoms with E-state index in [0.717, 1.165) is 23.6 Å². The Labute approximate surface area is 139 Å². The van der Waals surface area contributed by atoms with Crippen molar-refractivity contribution in [3.63, 3.8) is 0 Å². The number of hydrogen-bond acceptors (Lipinski definition) is 4. The van der Waals surface area contributed by atoms with Gasteiger partial charge in [0.05, 0.1) is 29.4 Å². The van der Waals surface area contributed by atoms with E-state index in [-0.39, 0.29) is 11.9 Å². The van der Waals surface area contributed by atoms with Crippen LogP contribution in [-0.2, 0) is 17.9 Å². The van der Waals surface area contributed by atoms with Crippen LogP contribution < -0.4 is 5.32 Å². The summed E-state index contributed by atoms with van der Waals surface area (Å²) in [5.74, 6) is 0.585. The summed E-state index contributed by atoms with van der Waals surface area (Å²) in [5.41, 5.74) is 3.86. The largest absolute Gasteiger partial charge is 0.371 e. The molecule has 3 aromatic rings. The molecule has 3 heterocycles. The third-order valence-corrected chi connectivity index (χ3v) is 4.42. The van der Waals surface area contributed by atoms with Gasteiger partial charge in [0.1, 0.15) is 18.2 Å². The van der Waals surface area contributed by atoms with Crippen molar-refractivity contribution >= 4 is 11.0 Å². The molecular formula is C18H19FN4O. The number of rotatable bonds is 4. The topological polar surface area (TPSA) is 52.0 Å². The number of hydrogen-bond donors (Lipinski definition) is 1. The average molecular weight is 326 g/mol. The van der Waals surface area contributed by atoms with Gasteiger partial charge in [0.2, 0.25) is 0 Å². The standard InChI is InChI=1S/C18H19FN4O/c1-12-3-2-6-21-16(12)9-20-8-14-10-24-11-18-22-15-7-13(19)4-5-17(15)23(14)18/h2-7,14,20H,8-11H2,1H3/t14-/m0/s1. The molecular weight excluding hydrogens is 307 g/mol. The van der Waals surface area contributed by atoms with Crippen molar-refractivity contribution in [3.8, 4) is 0 Å². The lowest BCUT2D eigenvalue weighted by Crippen LogP contribution is -2.32. The van der Waals surface area contributed by atoms with Crippen LogP contribution in [0.25, 0.3) is 11.0 Å². The minimum Gasteiger partial charge on any atom is -0.371 e. The molecule has 4 rings (SSSR count). The number of aromatic nitrogens is 3. The van der Waals surface area contributed by atoms with Crippen molar-refractivity contribution in [2.24, 2.45) is 0 Å². The van der Waals surface area contributed by atoms with Crippen LogP contribution in [0.2, 0.25) is 0 Å². The number of fused-ring (bicyclic) bond motifs is 3. The molecule has 0 amide bonds. The van der Waals surface area contributed by atoms with E-state index in [9.17, 15) is 4.39 Å². The summed E-state index contributed by atoms with van der Waals surface area (Å²) in [6.07, 6.45) is 1.81. The minimum atomic E-state index is -0.265. The predicted molar refractivity (Wildman–Crippen MR) is 89.1 cm³/mol. The molecule has 0 unspecified atom stereocenters. The fourth-order valence-corrected chi connectivity index (χ4v) is 3.20. The van der Waals surface area contributed by atoms with E-state index >= 15 is 0 Å². The lowest BCUT2D eigenvalue weighted by molar-refractivity contribution is 0.0563. The molecule has 1 N–H and O–H groups in total. The third kappa shape index (κ3) is 2.79. The van der Waals surface area contributed by atoms with Crippen LogP contribution in [0.4, 0.5) is 4.39 Å². The second-order valence-corrected chi connectivity index (χ2v) is 6.10. The second-order valence-electron chi connectivity index (χ2n) is 6.10. The van der Waals surface area contributed by atoms with Crippen molar-refractivity contribution in [1.29, 1.82) is 0 Å². The lowest BCUT2D eigenvalue weighted by Gasteiger charge is -2.26. The average Bonchev–Trinajstić information content (AvgIpc) is 2.94. The molecule has 0 aliphatic carbocycles. The Morgan fingerprint density at radius 1 is 1.38 bits per heavy atom. The number of halogens is 1. The highest BCUT2D eigenvalue weighted by Crippen LogP contribution is 2.26. The first kappa shape index (κ1) is 15.2. The number of imidazole rings is 1. The molecule has 0 fully saturated rings. The summed E-state index contributed by atoms with van der Waals surface area (Å²) < 4.78 is 21.3. The summed E-state index contributed by atoms with van der Waals surface area (Å²) in [4.78, 5) is 8.90. The zero-order valence-corrected chi connectivity index (χ0v) is 13.5. The van der Waals surface area contributed by atoms with E-state index < -0.39 is 0 Å². The molecule has 0 bridgehead atoms. The maximum absolute atomic E-state index is 13.4. The Morgan fingerprint density at radius 3 is 3.17 bits per heavy atom. The number of ether oxygens (including phenoxy) is 1. The van der Waals surface area contributed by atoms with Crippen molar-refractivity contribution in [2.45, 2.75) is 26.1 Å². The van der Waals surface area contributed by atoms with Crippen LogP contribution in [0, 0.1) is 12.7 Å². The van der Waals surface area contributed by atoms with Gasteiger partial charge in [-0.25, -0.2) is 9.37 Å². The van der Waals surface area contributed by atoms with Gasteiger partial charge in [-0.2, -0.15) is 0 Å².